The minimum Gasteiger partial charge on any atom is -0.394 e. The number of ether oxygens (including phenoxy) is 1. The smallest absolute Gasteiger partial charge is 0.147 e. The number of hydrogen-bond acceptors (Lipinski definition) is 5. The highest BCUT2D eigenvalue weighted by Crippen LogP contribution is 2.27. The van der Waals surface area contributed by atoms with E-state index in [-0.39, 0.29) is 0 Å². The SMILES string of the molecule is COCC(O)CCNc1c(N)c(C(C)C)nn1C. The largest absolute Gasteiger partial charge is 0.394 e. The number of aliphatic hydroxyl groups excluding tert-OH is 1. The minimum atomic E-state index is -0.457. The van der Waals surface area contributed by atoms with Crippen LogP contribution in [0.25, 0.3) is 0 Å². The van der Waals surface area contributed by atoms with Crippen LogP contribution in [0.4, 0.5) is 11.5 Å². The van der Waals surface area contributed by atoms with Crippen molar-refractivity contribution in [1.29, 1.82) is 0 Å². The van der Waals surface area contributed by atoms with Gasteiger partial charge in [-0.1, -0.05) is 13.8 Å². The summed E-state index contributed by atoms with van der Waals surface area (Å²) in [7, 11) is 3.43. The monoisotopic (exact) mass is 256 g/mol. The zero-order valence-corrected chi connectivity index (χ0v) is 11.6. The molecule has 0 amide bonds. The van der Waals surface area contributed by atoms with Crippen LogP contribution in [0.1, 0.15) is 31.9 Å². The van der Waals surface area contributed by atoms with Crippen LogP contribution in [0.5, 0.6) is 0 Å². The maximum Gasteiger partial charge on any atom is 0.147 e. The van der Waals surface area contributed by atoms with Gasteiger partial charge in [-0.2, -0.15) is 5.10 Å². The van der Waals surface area contributed by atoms with Gasteiger partial charge in [0.2, 0.25) is 0 Å². The molecule has 104 valence electrons. The molecule has 0 aliphatic carbocycles. The summed E-state index contributed by atoms with van der Waals surface area (Å²) in [5.74, 6) is 1.11. The highest BCUT2D eigenvalue weighted by molar-refractivity contribution is 5.65. The van der Waals surface area contributed by atoms with Crippen molar-refractivity contribution in [2.24, 2.45) is 7.05 Å². The number of nitrogen functional groups attached to an aromatic ring is 1. The summed E-state index contributed by atoms with van der Waals surface area (Å²) >= 11 is 0. The predicted octanol–water partition coefficient (Wildman–Crippen LogP) is 0.935. The number of methoxy groups -OCH3 is 1. The van der Waals surface area contributed by atoms with Gasteiger partial charge in [0.05, 0.1) is 24.1 Å². The fourth-order valence-electron chi connectivity index (χ4n) is 1.83. The first kappa shape index (κ1) is 14.8. The molecule has 0 saturated carbocycles. The topological polar surface area (TPSA) is 85.3 Å². The second kappa shape index (κ2) is 6.61. The zero-order valence-electron chi connectivity index (χ0n) is 11.6. The third-order valence-corrected chi connectivity index (χ3v) is 2.79. The van der Waals surface area contributed by atoms with Gasteiger partial charge in [-0.15, -0.1) is 0 Å². The molecule has 1 rings (SSSR count). The number of anilines is 2. The average molecular weight is 256 g/mol. The molecule has 0 aromatic carbocycles. The Morgan fingerprint density at radius 2 is 2.17 bits per heavy atom. The van der Waals surface area contributed by atoms with E-state index >= 15 is 0 Å². The van der Waals surface area contributed by atoms with Crippen molar-refractivity contribution in [3.05, 3.63) is 5.69 Å². The first-order chi connectivity index (χ1) is 8.47. The van der Waals surface area contributed by atoms with Crippen molar-refractivity contribution in [3.63, 3.8) is 0 Å². The lowest BCUT2D eigenvalue weighted by atomic mass is 10.1. The van der Waals surface area contributed by atoms with Crippen LogP contribution in [0.2, 0.25) is 0 Å². The van der Waals surface area contributed by atoms with E-state index in [1.54, 1.807) is 11.8 Å². The van der Waals surface area contributed by atoms with Gasteiger partial charge in [-0.25, -0.2) is 0 Å². The Balaban J connectivity index is 2.57. The van der Waals surface area contributed by atoms with Crippen LogP contribution in [-0.4, -0.2) is 41.3 Å². The maximum atomic E-state index is 9.54. The highest BCUT2D eigenvalue weighted by Gasteiger charge is 2.15. The molecule has 0 aliphatic rings. The predicted molar refractivity (Wildman–Crippen MR) is 72.7 cm³/mol. The summed E-state index contributed by atoms with van der Waals surface area (Å²) in [4.78, 5) is 0. The normalized spacial score (nSPS) is 13.0. The van der Waals surface area contributed by atoms with Crippen LogP contribution in [-0.2, 0) is 11.8 Å². The van der Waals surface area contributed by atoms with E-state index in [2.05, 4.69) is 24.3 Å². The van der Waals surface area contributed by atoms with Gasteiger partial charge in [-0.3, -0.25) is 4.68 Å². The molecule has 0 spiro atoms. The summed E-state index contributed by atoms with van der Waals surface area (Å²) in [5, 5.41) is 17.1. The third-order valence-electron chi connectivity index (χ3n) is 2.79. The molecule has 0 saturated heterocycles. The molecule has 1 heterocycles. The number of nitrogens with one attached hydrogen (secondary N) is 1. The summed E-state index contributed by atoms with van der Waals surface area (Å²) in [6.45, 7) is 5.10. The van der Waals surface area contributed by atoms with Crippen molar-refractivity contribution < 1.29 is 9.84 Å². The summed E-state index contributed by atoms with van der Waals surface area (Å²) in [5.41, 5.74) is 7.64. The second-order valence-corrected chi connectivity index (χ2v) is 4.75. The van der Waals surface area contributed by atoms with Crippen molar-refractivity contribution >= 4 is 11.5 Å². The second-order valence-electron chi connectivity index (χ2n) is 4.75. The van der Waals surface area contributed by atoms with Crippen LogP contribution >= 0.6 is 0 Å². The summed E-state index contributed by atoms with van der Waals surface area (Å²) in [6.07, 6.45) is 0.150. The zero-order chi connectivity index (χ0) is 13.7. The Hall–Kier alpha value is -1.27. The molecule has 1 aromatic heterocycles. The van der Waals surface area contributed by atoms with E-state index in [9.17, 15) is 5.11 Å². The number of aliphatic hydroxyl groups is 1. The van der Waals surface area contributed by atoms with Gasteiger partial charge in [0.15, 0.2) is 0 Å². The first-order valence-electron chi connectivity index (χ1n) is 6.20. The molecular weight excluding hydrogens is 232 g/mol. The van der Waals surface area contributed by atoms with Crippen molar-refractivity contribution in [2.75, 3.05) is 31.3 Å². The number of nitrogens with zero attached hydrogens (tertiary/aromatic N) is 2. The number of nitrogens with two attached hydrogens (primary N) is 1. The molecule has 1 aromatic rings. The number of aryl methyl sites for hydroxylation is 1. The summed E-state index contributed by atoms with van der Waals surface area (Å²) < 4.78 is 6.61. The summed E-state index contributed by atoms with van der Waals surface area (Å²) in [6, 6.07) is 0. The fourth-order valence-corrected chi connectivity index (χ4v) is 1.83. The lowest BCUT2D eigenvalue weighted by Gasteiger charge is -2.11. The highest BCUT2D eigenvalue weighted by atomic mass is 16.5. The van der Waals surface area contributed by atoms with Crippen molar-refractivity contribution in [1.82, 2.24) is 9.78 Å². The van der Waals surface area contributed by atoms with Gasteiger partial charge in [0.25, 0.3) is 0 Å². The van der Waals surface area contributed by atoms with Crippen LogP contribution in [0.3, 0.4) is 0 Å². The standard InChI is InChI=1S/C12H24N4O2/c1-8(2)11-10(13)12(16(3)15-11)14-6-5-9(17)7-18-4/h8-9,14,17H,5-7,13H2,1-4H3. The lowest BCUT2D eigenvalue weighted by molar-refractivity contribution is 0.0615. The van der Waals surface area contributed by atoms with E-state index in [1.807, 2.05) is 7.05 Å². The van der Waals surface area contributed by atoms with E-state index in [0.29, 0.717) is 31.2 Å². The number of rotatable bonds is 7. The van der Waals surface area contributed by atoms with E-state index in [0.717, 1.165) is 11.5 Å². The molecule has 0 fully saturated rings. The first-order valence-corrected chi connectivity index (χ1v) is 6.20. The Morgan fingerprint density at radius 1 is 1.50 bits per heavy atom. The lowest BCUT2D eigenvalue weighted by Crippen LogP contribution is -2.19. The molecular formula is C12H24N4O2. The van der Waals surface area contributed by atoms with Gasteiger partial charge in [0.1, 0.15) is 5.82 Å². The molecule has 6 heteroatoms. The fraction of sp³-hybridized carbons (Fsp3) is 0.750. The van der Waals surface area contributed by atoms with Crippen LogP contribution < -0.4 is 11.1 Å². The van der Waals surface area contributed by atoms with Gasteiger partial charge >= 0.3 is 0 Å². The van der Waals surface area contributed by atoms with Gasteiger partial charge in [-0.05, 0) is 12.3 Å². The van der Waals surface area contributed by atoms with Gasteiger partial charge < -0.3 is 20.9 Å². The molecule has 0 radical (unpaired) electrons. The number of aromatic nitrogens is 2. The van der Waals surface area contributed by atoms with E-state index in [1.165, 1.54) is 0 Å². The Bertz CT molecular complexity index is 376. The van der Waals surface area contributed by atoms with Crippen LogP contribution in [0, 0.1) is 0 Å². The van der Waals surface area contributed by atoms with Crippen molar-refractivity contribution in [2.45, 2.75) is 32.3 Å². The third kappa shape index (κ3) is 3.61. The van der Waals surface area contributed by atoms with Crippen LogP contribution in [0.15, 0.2) is 0 Å². The van der Waals surface area contributed by atoms with E-state index < -0.39 is 6.10 Å². The Kier molecular flexibility index (Phi) is 5.43. The molecule has 1 atom stereocenters. The van der Waals surface area contributed by atoms with E-state index in [4.69, 9.17) is 10.5 Å². The molecule has 0 aliphatic heterocycles. The quantitative estimate of drug-likeness (QED) is 0.676. The Labute approximate surface area is 108 Å². The average Bonchev–Trinajstić information content (AvgIpc) is 2.57. The molecule has 6 nitrogen and oxygen atoms in total. The molecule has 4 N–H and O–H groups in total. The number of hydrogen-bond donors (Lipinski definition) is 3. The van der Waals surface area contributed by atoms with Crippen molar-refractivity contribution in [3.8, 4) is 0 Å². The molecule has 1 unspecified atom stereocenters. The minimum absolute atomic E-state index is 0.297. The maximum absolute atomic E-state index is 9.54. The molecule has 0 bridgehead atoms. The molecule has 18 heavy (non-hydrogen) atoms. The Morgan fingerprint density at radius 3 is 2.67 bits per heavy atom. The van der Waals surface area contributed by atoms with Gasteiger partial charge in [0, 0.05) is 20.7 Å².